The molecule has 0 saturated carbocycles. The molecule has 1 aromatic heterocycles. The summed E-state index contributed by atoms with van der Waals surface area (Å²) in [4.78, 5) is 24.9. The average molecular weight is 366 g/mol. The lowest BCUT2D eigenvalue weighted by molar-refractivity contribution is -0.115. The van der Waals surface area contributed by atoms with Crippen molar-refractivity contribution in [2.45, 2.75) is 6.42 Å². The molecule has 0 fully saturated rings. The van der Waals surface area contributed by atoms with Crippen LogP contribution < -0.4 is 15.4 Å². The fraction of sp³-hybridized carbons (Fsp3) is 0.100. The second kappa shape index (κ2) is 8.31. The van der Waals surface area contributed by atoms with E-state index < -0.39 is 0 Å². The van der Waals surface area contributed by atoms with Crippen LogP contribution >= 0.6 is 11.3 Å². The van der Waals surface area contributed by atoms with E-state index in [0.29, 0.717) is 22.7 Å². The Balaban J connectivity index is 1.73. The Morgan fingerprint density at radius 2 is 1.88 bits per heavy atom. The summed E-state index contributed by atoms with van der Waals surface area (Å²) in [6.45, 7) is 0. The summed E-state index contributed by atoms with van der Waals surface area (Å²) in [5.41, 5.74) is 2.45. The molecule has 2 amide bonds. The van der Waals surface area contributed by atoms with Crippen LogP contribution in [-0.2, 0) is 11.2 Å². The molecule has 0 spiro atoms. The van der Waals surface area contributed by atoms with Crippen molar-refractivity contribution in [3.63, 3.8) is 0 Å². The van der Waals surface area contributed by atoms with Gasteiger partial charge in [0.1, 0.15) is 5.75 Å². The average Bonchev–Trinajstić information content (AvgIpc) is 3.15. The molecule has 3 aromatic rings. The van der Waals surface area contributed by atoms with Crippen molar-refractivity contribution in [1.82, 2.24) is 0 Å². The molecule has 5 nitrogen and oxygen atoms in total. The highest BCUT2D eigenvalue weighted by atomic mass is 32.1. The van der Waals surface area contributed by atoms with E-state index in [0.717, 1.165) is 5.56 Å². The van der Waals surface area contributed by atoms with Crippen molar-refractivity contribution in [3.05, 3.63) is 76.5 Å². The lowest BCUT2D eigenvalue weighted by atomic mass is 10.1. The summed E-state index contributed by atoms with van der Waals surface area (Å²) >= 11 is 1.55. The van der Waals surface area contributed by atoms with E-state index >= 15 is 0 Å². The predicted octanol–water partition coefficient (Wildman–Crippen LogP) is 4.19. The third kappa shape index (κ3) is 4.49. The van der Waals surface area contributed by atoms with Gasteiger partial charge in [-0.1, -0.05) is 18.2 Å². The topological polar surface area (TPSA) is 67.4 Å². The third-order valence-electron chi connectivity index (χ3n) is 3.72. The van der Waals surface area contributed by atoms with Crippen LogP contribution in [0.2, 0.25) is 0 Å². The molecule has 2 N–H and O–H groups in total. The Morgan fingerprint density at radius 3 is 2.65 bits per heavy atom. The first-order valence-electron chi connectivity index (χ1n) is 8.01. The number of hydrogen-bond donors (Lipinski definition) is 2. The van der Waals surface area contributed by atoms with E-state index in [1.54, 1.807) is 67.0 Å². The van der Waals surface area contributed by atoms with Gasteiger partial charge in [0, 0.05) is 11.8 Å². The highest BCUT2D eigenvalue weighted by molar-refractivity contribution is 7.08. The standard InChI is InChI=1S/C20H18N2O3S/c1-25-16-6-4-5-15(12-16)21-20(24)17-7-2-3-8-18(17)22-19(23)11-14-9-10-26-13-14/h2-10,12-13H,11H2,1H3,(H,21,24)(H,22,23). The summed E-state index contributed by atoms with van der Waals surface area (Å²) in [7, 11) is 1.57. The number of carbonyl (C=O) groups excluding carboxylic acids is 2. The Kier molecular flexibility index (Phi) is 5.66. The number of hydrogen-bond acceptors (Lipinski definition) is 4. The van der Waals surface area contributed by atoms with Crippen molar-refractivity contribution in [2.75, 3.05) is 17.7 Å². The van der Waals surface area contributed by atoms with Gasteiger partial charge in [-0.25, -0.2) is 0 Å². The van der Waals surface area contributed by atoms with E-state index in [9.17, 15) is 9.59 Å². The lowest BCUT2D eigenvalue weighted by Crippen LogP contribution is -2.19. The van der Waals surface area contributed by atoms with Gasteiger partial charge in [-0.15, -0.1) is 0 Å². The normalized spacial score (nSPS) is 10.2. The maximum absolute atomic E-state index is 12.6. The highest BCUT2D eigenvalue weighted by Gasteiger charge is 2.14. The zero-order chi connectivity index (χ0) is 18.4. The molecule has 132 valence electrons. The maximum Gasteiger partial charge on any atom is 0.257 e. The minimum atomic E-state index is -0.301. The van der Waals surface area contributed by atoms with Crippen LogP contribution in [-0.4, -0.2) is 18.9 Å². The van der Waals surface area contributed by atoms with E-state index in [-0.39, 0.29) is 18.2 Å². The van der Waals surface area contributed by atoms with Gasteiger partial charge in [0.25, 0.3) is 5.91 Å². The number of ether oxygens (including phenoxy) is 1. The first-order chi connectivity index (χ1) is 12.7. The number of amides is 2. The fourth-order valence-corrected chi connectivity index (χ4v) is 3.13. The molecular weight excluding hydrogens is 348 g/mol. The third-order valence-corrected chi connectivity index (χ3v) is 4.45. The molecule has 0 aliphatic rings. The Labute approximate surface area is 155 Å². The van der Waals surface area contributed by atoms with Crippen molar-refractivity contribution < 1.29 is 14.3 Å². The molecule has 0 unspecified atom stereocenters. The highest BCUT2D eigenvalue weighted by Crippen LogP contribution is 2.21. The van der Waals surface area contributed by atoms with Crippen molar-refractivity contribution in [2.24, 2.45) is 0 Å². The number of methoxy groups -OCH3 is 1. The minimum Gasteiger partial charge on any atom is -0.497 e. The Hall–Kier alpha value is -3.12. The first kappa shape index (κ1) is 17.7. The van der Waals surface area contributed by atoms with Gasteiger partial charge in [0.2, 0.25) is 5.91 Å². The first-order valence-corrected chi connectivity index (χ1v) is 8.95. The van der Waals surface area contributed by atoms with Crippen LogP contribution in [0.5, 0.6) is 5.75 Å². The van der Waals surface area contributed by atoms with Crippen molar-refractivity contribution in [1.29, 1.82) is 0 Å². The molecule has 0 saturated heterocycles. The number of carbonyl (C=O) groups is 2. The quantitative estimate of drug-likeness (QED) is 0.687. The molecule has 0 aliphatic carbocycles. The van der Waals surface area contributed by atoms with E-state index in [1.165, 1.54) is 0 Å². The van der Waals surface area contributed by atoms with Gasteiger partial charge >= 0.3 is 0 Å². The maximum atomic E-state index is 12.6. The number of thiophene rings is 1. The Morgan fingerprint density at radius 1 is 1.04 bits per heavy atom. The second-order valence-electron chi connectivity index (χ2n) is 5.59. The van der Waals surface area contributed by atoms with Crippen LogP contribution in [0, 0.1) is 0 Å². The molecule has 0 radical (unpaired) electrons. The zero-order valence-electron chi connectivity index (χ0n) is 14.2. The van der Waals surface area contributed by atoms with Gasteiger partial charge in [-0.2, -0.15) is 11.3 Å². The van der Waals surface area contributed by atoms with Crippen LogP contribution in [0.3, 0.4) is 0 Å². The second-order valence-corrected chi connectivity index (χ2v) is 6.37. The smallest absolute Gasteiger partial charge is 0.257 e. The van der Waals surface area contributed by atoms with Gasteiger partial charge in [0.05, 0.1) is 24.8 Å². The van der Waals surface area contributed by atoms with Gasteiger partial charge < -0.3 is 15.4 Å². The lowest BCUT2D eigenvalue weighted by Gasteiger charge is -2.12. The summed E-state index contributed by atoms with van der Waals surface area (Å²) in [6, 6.07) is 15.9. The zero-order valence-corrected chi connectivity index (χ0v) is 15.0. The summed E-state index contributed by atoms with van der Waals surface area (Å²) in [5.74, 6) is 0.190. The Bertz CT molecular complexity index is 907. The fourth-order valence-electron chi connectivity index (χ4n) is 2.46. The molecular formula is C20H18N2O3S. The number of para-hydroxylation sites is 1. The van der Waals surface area contributed by atoms with Gasteiger partial charge in [-0.05, 0) is 46.7 Å². The van der Waals surface area contributed by atoms with Crippen molar-refractivity contribution in [3.8, 4) is 5.75 Å². The molecule has 1 heterocycles. The number of rotatable bonds is 6. The summed E-state index contributed by atoms with van der Waals surface area (Å²) in [6.07, 6.45) is 0.273. The summed E-state index contributed by atoms with van der Waals surface area (Å²) < 4.78 is 5.16. The van der Waals surface area contributed by atoms with Gasteiger partial charge in [0.15, 0.2) is 0 Å². The van der Waals surface area contributed by atoms with Crippen molar-refractivity contribution >= 4 is 34.5 Å². The van der Waals surface area contributed by atoms with E-state index in [4.69, 9.17) is 4.74 Å². The minimum absolute atomic E-state index is 0.162. The largest absolute Gasteiger partial charge is 0.497 e. The predicted molar refractivity (Wildman–Crippen MR) is 104 cm³/mol. The van der Waals surface area contributed by atoms with Gasteiger partial charge in [-0.3, -0.25) is 9.59 Å². The van der Waals surface area contributed by atoms with Crippen LogP contribution in [0.1, 0.15) is 15.9 Å². The monoisotopic (exact) mass is 366 g/mol. The molecule has 6 heteroatoms. The summed E-state index contributed by atoms with van der Waals surface area (Å²) in [5, 5.41) is 9.50. The molecule has 0 bridgehead atoms. The number of benzene rings is 2. The van der Waals surface area contributed by atoms with Crippen LogP contribution in [0.15, 0.2) is 65.4 Å². The van der Waals surface area contributed by atoms with Crippen LogP contribution in [0.25, 0.3) is 0 Å². The number of nitrogens with one attached hydrogen (secondary N) is 2. The molecule has 0 atom stereocenters. The van der Waals surface area contributed by atoms with E-state index in [1.807, 2.05) is 16.8 Å². The molecule has 0 aliphatic heterocycles. The molecule has 2 aromatic carbocycles. The molecule has 3 rings (SSSR count). The SMILES string of the molecule is COc1cccc(NC(=O)c2ccccc2NC(=O)Cc2ccsc2)c1. The van der Waals surface area contributed by atoms with E-state index in [2.05, 4.69) is 10.6 Å². The molecule has 26 heavy (non-hydrogen) atoms. The number of anilines is 2. The van der Waals surface area contributed by atoms with Crippen LogP contribution in [0.4, 0.5) is 11.4 Å².